The van der Waals surface area contributed by atoms with E-state index < -0.39 is 0 Å². The molecule has 0 radical (unpaired) electrons. The standard InChI is InChI=1S/C10H17BO/c1-9(11)7-10(8-12)5-3-2-4-6-10/h8,11H,2-7H2,1H3. The van der Waals surface area contributed by atoms with Gasteiger partial charge < -0.3 is 0 Å². The molecule has 0 bridgehead atoms. The molecule has 1 saturated carbocycles. The van der Waals surface area contributed by atoms with Gasteiger partial charge in [0.1, 0.15) is 0 Å². The molecule has 12 heavy (non-hydrogen) atoms. The van der Waals surface area contributed by atoms with E-state index in [-0.39, 0.29) is 5.41 Å². The molecule has 1 rings (SSSR count). The average molecular weight is 164 g/mol. The van der Waals surface area contributed by atoms with Gasteiger partial charge in [-0.25, -0.2) is 0 Å². The van der Waals surface area contributed by atoms with Crippen molar-refractivity contribution in [2.24, 2.45) is 5.41 Å². The summed E-state index contributed by atoms with van der Waals surface area (Å²) < 4.78 is 0. The molecular formula is C10H17BO. The minimum absolute atomic E-state index is 0.0376. The van der Waals surface area contributed by atoms with Crippen LogP contribution in [0.2, 0.25) is 0 Å². The molecule has 2 heteroatoms. The van der Waals surface area contributed by atoms with Gasteiger partial charge >= 0.3 is 74.9 Å². The van der Waals surface area contributed by atoms with Crippen LogP contribution in [0.3, 0.4) is 0 Å². The van der Waals surface area contributed by atoms with Gasteiger partial charge in [-0.2, -0.15) is 0 Å². The van der Waals surface area contributed by atoms with Gasteiger partial charge in [0.15, 0.2) is 0 Å². The number of rotatable bonds is 3. The Labute approximate surface area is 75.6 Å². The topological polar surface area (TPSA) is 17.1 Å². The van der Waals surface area contributed by atoms with Crippen LogP contribution in [0.4, 0.5) is 0 Å². The van der Waals surface area contributed by atoms with Gasteiger partial charge in [0.05, 0.1) is 0 Å². The van der Waals surface area contributed by atoms with Crippen molar-refractivity contribution in [1.29, 1.82) is 0 Å². The van der Waals surface area contributed by atoms with Crippen molar-refractivity contribution in [2.75, 3.05) is 0 Å². The van der Waals surface area contributed by atoms with Crippen LogP contribution in [0.1, 0.15) is 45.4 Å². The van der Waals surface area contributed by atoms with E-state index in [0.29, 0.717) is 0 Å². The Morgan fingerprint density at radius 2 is 2.00 bits per heavy atom. The van der Waals surface area contributed by atoms with Crippen LogP contribution in [0.25, 0.3) is 0 Å². The zero-order valence-electron chi connectivity index (χ0n) is 7.94. The fourth-order valence-electron chi connectivity index (χ4n) is 2.19. The summed E-state index contributed by atoms with van der Waals surface area (Å²) in [6.07, 6.45) is 7.94. The predicted molar refractivity (Wildman–Crippen MR) is 54.0 cm³/mol. The van der Waals surface area contributed by atoms with Gasteiger partial charge in [0.25, 0.3) is 0 Å². The maximum atomic E-state index is 11.0. The molecule has 0 aromatic rings. The third-order valence-electron chi connectivity index (χ3n) is 2.75. The quantitative estimate of drug-likeness (QED) is 0.457. The van der Waals surface area contributed by atoms with Crippen LogP contribution in [0, 0.1) is 5.41 Å². The summed E-state index contributed by atoms with van der Waals surface area (Å²) in [5.41, 5.74) is 1.10. The third-order valence-corrected chi connectivity index (χ3v) is 2.75. The molecule has 0 aromatic carbocycles. The summed E-state index contributed by atoms with van der Waals surface area (Å²) in [5, 5.41) is 0. The molecule has 1 fully saturated rings. The Morgan fingerprint density at radius 1 is 1.42 bits per heavy atom. The SMILES string of the molecule is B=C(C)CC1(C=O)CCCCC1. The van der Waals surface area contributed by atoms with E-state index in [1.165, 1.54) is 25.5 Å². The fraction of sp³-hybridized carbons (Fsp3) is 0.800. The summed E-state index contributed by atoms with van der Waals surface area (Å²) in [4.78, 5) is 11.0. The van der Waals surface area contributed by atoms with Crippen LogP contribution in [-0.2, 0) is 4.79 Å². The maximum absolute atomic E-state index is 11.0. The van der Waals surface area contributed by atoms with Gasteiger partial charge in [-0.05, 0) is 0 Å². The summed E-state index contributed by atoms with van der Waals surface area (Å²) in [6, 6.07) is 0. The summed E-state index contributed by atoms with van der Waals surface area (Å²) in [5.74, 6) is 0. The summed E-state index contributed by atoms with van der Waals surface area (Å²) in [7, 11) is 3.88. The van der Waals surface area contributed by atoms with E-state index in [1.807, 2.05) is 6.92 Å². The second-order valence-corrected chi connectivity index (χ2v) is 4.17. The number of carbonyl (C=O) groups is 1. The van der Waals surface area contributed by atoms with Gasteiger partial charge in [0.2, 0.25) is 0 Å². The van der Waals surface area contributed by atoms with Crippen molar-refractivity contribution in [3.8, 4) is 0 Å². The molecule has 0 spiro atoms. The monoisotopic (exact) mass is 164 g/mol. The Bertz CT molecular complexity index is 180. The first-order chi connectivity index (χ1) is 5.68. The zero-order valence-corrected chi connectivity index (χ0v) is 7.94. The van der Waals surface area contributed by atoms with Crippen molar-refractivity contribution in [2.45, 2.75) is 45.4 Å². The molecule has 0 aliphatic heterocycles. The molecule has 0 aromatic heterocycles. The average Bonchev–Trinajstić information content (AvgIpc) is 2.05. The van der Waals surface area contributed by atoms with E-state index in [2.05, 4.69) is 7.49 Å². The Balaban J connectivity index is 2.59. The molecule has 0 amide bonds. The number of hydrogen-bond donors (Lipinski definition) is 0. The molecule has 0 unspecified atom stereocenters. The van der Waals surface area contributed by atoms with Gasteiger partial charge in [-0.1, -0.05) is 0 Å². The van der Waals surface area contributed by atoms with Gasteiger partial charge in [-0.3, -0.25) is 0 Å². The van der Waals surface area contributed by atoms with Crippen molar-refractivity contribution < 1.29 is 4.79 Å². The van der Waals surface area contributed by atoms with Crippen molar-refractivity contribution in [1.82, 2.24) is 0 Å². The first-order valence-electron chi connectivity index (χ1n) is 4.79. The Morgan fingerprint density at radius 3 is 2.42 bits per heavy atom. The van der Waals surface area contributed by atoms with E-state index in [0.717, 1.165) is 24.7 Å². The molecule has 0 atom stereocenters. The minimum atomic E-state index is -0.0376. The molecule has 1 aliphatic carbocycles. The number of aldehydes is 1. The molecule has 0 saturated heterocycles. The van der Waals surface area contributed by atoms with E-state index in [9.17, 15) is 4.79 Å². The van der Waals surface area contributed by atoms with E-state index >= 15 is 0 Å². The third kappa shape index (κ3) is 2.29. The molecule has 0 heterocycles. The van der Waals surface area contributed by atoms with E-state index in [1.54, 1.807) is 0 Å². The fourth-order valence-corrected chi connectivity index (χ4v) is 2.19. The first kappa shape index (κ1) is 9.69. The van der Waals surface area contributed by atoms with Gasteiger partial charge in [0, 0.05) is 0 Å². The van der Waals surface area contributed by atoms with Crippen LogP contribution >= 0.6 is 0 Å². The summed E-state index contributed by atoms with van der Waals surface area (Å²) >= 11 is 0. The van der Waals surface area contributed by atoms with Crippen molar-refractivity contribution >= 4 is 19.2 Å². The Kier molecular flexibility index (Phi) is 3.24. The molecule has 1 aliphatic rings. The number of carbonyl (C=O) groups excluding carboxylic acids is 1. The molecule has 0 N–H and O–H groups in total. The number of hydrogen-bond acceptors (Lipinski definition) is 1. The summed E-state index contributed by atoms with van der Waals surface area (Å²) in [6.45, 7) is 2.01. The molecular weight excluding hydrogens is 147 g/mol. The zero-order chi connectivity index (χ0) is 9.03. The van der Waals surface area contributed by atoms with Crippen molar-refractivity contribution in [3.63, 3.8) is 0 Å². The van der Waals surface area contributed by atoms with Crippen LogP contribution in [0.5, 0.6) is 0 Å². The molecule has 1 nitrogen and oxygen atoms in total. The molecule has 66 valence electrons. The normalized spacial score (nSPS) is 21.7. The van der Waals surface area contributed by atoms with Crippen LogP contribution in [0.15, 0.2) is 0 Å². The van der Waals surface area contributed by atoms with E-state index in [4.69, 9.17) is 0 Å². The Hall–Kier alpha value is -0.395. The second kappa shape index (κ2) is 4.02. The van der Waals surface area contributed by atoms with Crippen molar-refractivity contribution in [3.05, 3.63) is 0 Å². The second-order valence-electron chi connectivity index (χ2n) is 4.17. The first-order valence-corrected chi connectivity index (χ1v) is 4.79. The predicted octanol–water partition coefficient (Wildman–Crippen LogP) is 1.62. The van der Waals surface area contributed by atoms with Gasteiger partial charge in [-0.15, -0.1) is 0 Å². The van der Waals surface area contributed by atoms with Crippen LogP contribution in [-0.4, -0.2) is 19.2 Å². The van der Waals surface area contributed by atoms with Crippen LogP contribution < -0.4 is 0 Å².